The molecule has 7 nitrogen and oxygen atoms in total. The van der Waals surface area contributed by atoms with E-state index in [1.54, 1.807) is 42.6 Å². The van der Waals surface area contributed by atoms with Crippen molar-refractivity contribution in [1.82, 2.24) is 9.88 Å². The van der Waals surface area contributed by atoms with Gasteiger partial charge in [-0.25, -0.2) is 4.79 Å². The van der Waals surface area contributed by atoms with Crippen LogP contribution in [0.4, 0.5) is 0 Å². The lowest BCUT2D eigenvalue weighted by molar-refractivity contribution is -0.160. The number of ether oxygens (including phenoxy) is 2. The van der Waals surface area contributed by atoms with Crippen LogP contribution < -0.4 is 0 Å². The molecule has 3 atom stereocenters. The molecule has 31 heavy (non-hydrogen) atoms. The molecule has 162 valence electrons. The minimum absolute atomic E-state index is 0.0433. The first kappa shape index (κ1) is 21.2. The lowest BCUT2D eigenvalue weighted by Crippen LogP contribution is -2.58. The number of benzene rings is 1. The number of esters is 1. The Bertz CT molecular complexity index is 1020. The van der Waals surface area contributed by atoms with Crippen LogP contribution in [0.1, 0.15) is 32.0 Å². The molecule has 7 heteroatoms. The number of methoxy groups -OCH3 is 1. The van der Waals surface area contributed by atoms with Crippen LogP contribution in [0, 0.1) is 5.41 Å². The van der Waals surface area contributed by atoms with E-state index >= 15 is 0 Å². The summed E-state index contributed by atoms with van der Waals surface area (Å²) in [5.74, 6) is -1.77. The van der Waals surface area contributed by atoms with Crippen LogP contribution in [0.25, 0.3) is 0 Å². The molecule has 1 amide bonds. The van der Waals surface area contributed by atoms with E-state index < -0.39 is 40.3 Å². The van der Waals surface area contributed by atoms with Gasteiger partial charge in [-0.1, -0.05) is 57.2 Å². The zero-order valence-electron chi connectivity index (χ0n) is 18.1. The highest BCUT2D eigenvalue weighted by Gasteiger charge is 2.76. The first-order valence-electron chi connectivity index (χ1n) is 10.2. The van der Waals surface area contributed by atoms with Crippen LogP contribution in [0.5, 0.6) is 0 Å². The Morgan fingerprint density at radius 3 is 2.42 bits per heavy atom. The average Bonchev–Trinajstić information content (AvgIpc) is 3.26. The summed E-state index contributed by atoms with van der Waals surface area (Å²) in [5.41, 5.74) is -2.84. The van der Waals surface area contributed by atoms with E-state index in [2.05, 4.69) is 4.98 Å². The second-order valence-electron chi connectivity index (χ2n) is 9.15. The third-order valence-electron chi connectivity index (χ3n) is 6.15. The van der Waals surface area contributed by atoms with E-state index in [1.807, 2.05) is 32.9 Å². The van der Waals surface area contributed by atoms with Crippen LogP contribution in [0.15, 0.2) is 54.7 Å². The fraction of sp³-hybridized carbons (Fsp3) is 0.417. The van der Waals surface area contributed by atoms with E-state index in [4.69, 9.17) is 9.47 Å². The Morgan fingerprint density at radius 1 is 1.16 bits per heavy atom. The molecule has 1 aromatic carbocycles. The summed E-state index contributed by atoms with van der Waals surface area (Å²) in [4.78, 5) is 47.2. The monoisotopic (exact) mass is 422 g/mol. The van der Waals surface area contributed by atoms with Crippen molar-refractivity contribution in [2.24, 2.45) is 5.41 Å². The lowest BCUT2D eigenvalue weighted by Gasteiger charge is -2.36. The highest BCUT2D eigenvalue weighted by atomic mass is 16.6. The molecule has 0 saturated carbocycles. The van der Waals surface area contributed by atoms with Crippen molar-refractivity contribution in [3.05, 3.63) is 66.0 Å². The molecule has 0 unspecified atom stereocenters. The van der Waals surface area contributed by atoms with E-state index in [-0.39, 0.29) is 13.0 Å². The molecule has 2 fully saturated rings. The van der Waals surface area contributed by atoms with Crippen molar-refractivity contribution in [2.45, 2.75) is 44.4 Å². The third-order valence-corrected chi connectivity index (χ3v) is 6.15. The second-order valence-corrected chi connectivity index (χ2v) is 9.15. The molecular weight excluding hydrogens is 396 g/mol. The topological polar surface area (TPSA) is 85.8 Å². The van der Waals surface area contributed by atoms with Gasteiger partial charge in [-0.15, -0.1) is 0 Å². The van der Waals surface area contributed by atoms with Gasteiger partial charge in [0.25, 0.3) is 0 Å². The normalized spacial score (nSPS) is 28.0. The third kappa shape index (κ3) is 2.91. The number of nitrogens with zero attached hydrogens (tertiary/aromatic N) is 2. The van der Waals surface area contributed by atoms with Gasteiger partial charge in [0.15, 0.2) is 5.78 Å². The number of amides is 1. The molecule has 0 spiro atoms. The molecule has 2 aromatic rings. The van der Waals surface area contributed by atoms with Gasteiger partial charge in [-0.3, -0.25) is 19.5 Å². The number of carbonyl (C=O) groups excluding carboxylic acids is 3. The van der Waals surface area contributed by atoms with Crippen molar-refractivity contribution in [3.8, 4) is 0 Å². The maximum absolute atomic E-state index is 14.2. The van der Waals surface area contributed by atoms with Crippen LogP contribution in [-0.2, 0) is 35.7 Å². The van der Waals surface area contributed by atoms with E-state index in [1.165, 1.54) is 12.0 Å². The highest BCUT2D eigenvalue weighted by molar-refractivity contribution is 6.29. The fourth-order valence-electron chi connectivity index (χ4n) is 4.72. The quantitative estimate of drug-likeness (QED) is 0.555. The van der Waals surface area contributed by atoms with Gasteiger partial charge in [-0.2, -0.15) is 0 Å². The minimum Gasteiger partial charge on any atom is -0.467 e. The zero-order valence-corrected chi connectivity index (χ0v) is 18.1. The standard InChI is InChI=1S/C24H26N2O5/c1-22(2,3)20-26-19(28)23(16-10-6-5-7-11-16,14-17-12-8-9-13-25-17)18(27)24(26,15-31-20)21(29)30-4/h5-13,20H,14-15H2,1-4H3/t20-,23+,24-/m1/s1. The van der Waals surface area contributed by atoms with Crippen molar-refractivity contribution < 1.29 is 23.9 Å². The van der Waals surface area contributed by atoms with Crippen molar-refractivity contribution in [3.63, 3.8) is 0 Å². The summed E-state index contributed by atoms with van der Waals surface area (Å²) in [6.45, 7) is 5.49. The summed E-state index contributed by atoms with van der Waals surface area (Å²) in [7, 11) is 1.22. The maximum Gasteiger partial charge on any atom is 0.342 e. The van der Waals surface area contributed by atoms with Gasteiger partial charge in [0.2, 0.25) is 11.4 Å². The molecule has 0 radical (unpaired) electrons. The van der Waals surface area contributed by atoms with Gasteiger partial charge in [-0.05, 0) is 17.7 Å². The largest absolute Gasteiger partial charge is 0.467 e. The number of ketones is 1. The molecule has 2 aliphatic heterocycles. The van der Waals surface area contributed by atoms with Crippen LogP contribution in [-0.4, -0.2) is 53.0 Å². The SMILES string of the molecule is COC(=O)[C@]12CO[C@H](C(C)(C)C)N1C(=O)[C@@](Cc1ccccn1)(c1ccccc1)C2=O. The Kier molecular flexibility index (Phi) is 4.97. The molecule has 0 N–H and O–H groups in total. The summed E-state index contributed by atoms with van der Waals surface area (Å²) >= 11 is 0. The predicted octanol–water partition coefficient (Wildman–Crippen LogP) is 2.29. The number of Topliss-reactive ketones (excluding diaryl/α,β-unsaturated/α-hetero) is 1. The summed E-state index contributed by atoms with van der Waals surface area (Å²) in [6.07, 6.45) is 0.912. The minimum atomic E-state index is -1.82. The number of carbonyl (C=O) groups is 3. The number of rotatable bonds is 4. The van der Waals surface area contributed by atoms with Gasteiger partial charge in [0, 0.05) is 23.7 Å². The molecule has 1 aromatic heterocycles. The summed E-state index contributed by atoms with van der Waals surface area (Å²) < 4.78 is 10.9. The smallest absolute Gasteiger partial charge is 0.342 e. The van der Waals surface area contributed by atoms with Crippen LogP contribution in [0.2, 0.25) is 0 Å². The van der Waals surface area contributed by atoms with Crippen LogP contribution >= 0.6 is 0 Å². The number of hydrogen-bond acceptors (Lipinski definition) is 6. The number of fused-ring (bicyclic) bond motifs is 1. The summed E-state index contributed by atoms with van der Waals surface area (Å²) in [5, 5.41) is 0. The molecule has 2 aliphatic rings. The lowest BCUT2D eigenvalue weighted by atomic mass is 9.70. The molecule has 0 bridgehead atoms. The van der Waals surface area contributed by atoms with Crippen LogP contribution in [0.3, 0.4) is 0 Å². The van der Waals surface area contributed by atoms with E-state index in [9.17, 15) is 14.4 Å². The molecule has 3 heterocycles. The Hall–Kier alpha value is -3.06. The molecule has 4 rings (SSSR count). The number of aromatic nitrogens is 1. The average molecular weight is 422 g/mol. The van der Waals surface area contributed by atoms with Gasteiger partial charge in [0.1, 0.15) is 11.6 Å². The molecule has 0 aliphatic carbocycles. The number of pyridine rings is 1. The highest BCUT2D eigenvalue weighted by Crippen LogP contribution is 2.51. The Morgan fingerprint density at radius 2 is 1.84 bits per heavy atom. The maximum atomic E-state index is 14.2. The summed E-state index contributed by atoms with van der Waals surface area (Å²) in [6, 6.07) is 14.2. The Balaban J connectivity index is 1.97. The van der Waals surface area contributed by atoms with Crippen molar-refractivity contribution in [2.75, 3.05) is 13.7 Å². The number of hydrogen-bond donors (Lipinski definition) is 0. The molecule has 2 saturated heterocycles. The first-order valence-corrected chi connectivity index (χ1v) is 10.2. The fourth-order valence-corrected chi connectivity index (χ4v) is 4.72. The van der Waals surface area contributed by atoms with E-state index in [0.717, 1.165) is 0 Å². The van der Waals surface area contributed by atoms with Gasteiger partial charge < -0.3 is 9.47 Å². The zero-order chi connectivity index (χ0) is 22.4. The second kappa shape index (κ2) is 7.27. The first-order chi connectivity index (χ1) is 14.7. The van der Waals surface area contributed by atoms with Gasteiger partial charge in [0.05, 0.1) is 13.7 Å². The predicted molar refractivity (Wildman–Crippen MR) is 112 cm³/mol. The molecular formula is C24H26N2O5. The van der Waals surface area contributed by atoms with Crippen molar-refractivity contribution in [1.29, 1.82) is 0 Å². The van der Waals surface area contributed by atoms with Crippen molar-refractivity contribution >= 4 is 17.7 Å². The Labute approximate surface area is 181 Å². The van der Waals surface area contributed by atoms with E-state index in [0.29, 0.717) is 11.3 Å². The van der Waals surface area contributed by atoms with Gasteiger partial charge >= 0.3 is 5.97 Å².